The highest BCUT2D eigenvalue weighted by atomic mass is 16.5. The zero-order chi connectivity index (χ0) is 10.8. The third kappa shape index (κ3) is 2.17. The first-order chi connectivity index (χ1) is 7.22. The summed E-state index contributed by atoms with van der Waals surface area (Å²) in [5.41, 5.74) is 1.07. The monoisotopic (exact) mass is 207 g/mol. The largest absolute Gasteiger partial charge is 0.493 e. The van der Waals surface area contributed by atoms with Gasteiger partial charge in [0.1, 0.15) is 0 Å². The van der Waals surface area contributed by atoms with Gasteiger partial charge in [-0.05, 0) is 25.0 Å². The molecule has 2 rings (SSSR count). The van der Waals surface area contributed by atoms with Crippen LogP contribution in [0, 0.1) is 0 Å². The molecule has 0 unspecified atom stereocenters. The van der Waals surface area contributed by atoms with Crippen molar-refractivity contribution < 1.29 is 9.47 Å². The number of nitrogens with zero attached hydrogens (tertiary/aromatic N) is 1. The van der Waals surface area contributed by atoms with Gasteiger partial charge in [0.25, 0.3) is 0 Å². The fourth-order valence-corrected chi connectivity index (χ4v) is 1.49. The molecule has 1 fully saturated rings. The zero-order valence-corrected chi connectivity index (χ0v) is 9.49. The van der Waals surface area contributed by atoms with E-state index in [-0.39, 0.29) is 0 Å². The van der Waals surface area contributed by atoms with E-state index in [0.29, 0.717) is 6.10 Å². The predicted octanol–water partition coefficient (Wildman–Crippen LogP) is 2.30. The highest BCUT2D eigenvalue weighted by Crippen LogP contribution is 2.40. The maximum atomic E-state index is 5.87. The van der Waals surface area contributed by atoms with Crippen molar-refractivity contribution in [1.82, 2.24) is 0 Å². The van der Waals surface area contributed by atoms with Gasteiger partial charge >= 0.3 is 0 Å². The Hall–Kier alpha value is -1.38. The number of anilines is 1. The van der Waals surface area contributed by atoms with Crippen LogP contribution in [0.15, 0.2) is 18.2 Å². The molecule has 0 aromatic heterocycles. The highest BCUT2D eigenvalue weighted by molar-refractivity contribution is 5.64. The summed E-state index contributed by atoms with van der Waals surface area (Å²) in [7, 11) is 5.69. The second-order valence-electron chi connectivity index (χ2n) is 4.02. The SMILES string of the molecule is COc1cccc(N(C)C)c1OC1CC1. The molecule has 0 atom stereocenters. The maximum absolute atomic E-state index is 5.87. The third-order valence-corrected chi connectivity index (χ3v) is 2.47. The summed E-state index contributed by atoms with van der Waals surface area (Å²) in [6.45, 7) is 0. The van der Waals surface area contributed by atoms with E-state index in [2.05, 4.69) is 0 Å². The minimum atomic E-state index is 0.389. The molecular formula is C12H17NO2. The summed E-state index contributed by atoms with van der Waals surface area (Å²) >= 11 is 0. The summed E-state index contributed by atoms with van der Waals surface area (Å²) < 4.78 is 11.2. The topological polar surface area (TPSA) is 21.7 Å². The fraction of sp³-hybridized carbons (Fsp3) is 0.500. The molecule has 1 aromatic carbocycles. The quantitative estimate of drug-likeness (QED) is 0.756. The van der Waals surface area contributed by atoms with E-state index in [4.69, 9.17) is 9.47 Å². The van der Waals surface area contributed by atoms with Gasteiger partial charge in [0.15, 0.2) is 11.5 Å². The average molecular weight is 207 g/mol. The lowest BCUT2D eigenvalue weighted by molar-refractivity contribution is 0.283. The van der Waals surface area contributed by atoms with Gasteiger partial charge in [-0.15, -0.1) is 0 Å². The van der Waals surface area contributed by atoms with E-state index in [1.807, 2.05) is 37.2 Å². The number of benzene rings is 1. The number of ether oxygens (including phenoxy) is 2. The first-order valence-electron chi connectivity index (χ1n) is 5.23. The first kappa shape index (κ1) is 10.1. The zero-order valence-electron chi connectivity index (χ0n) is 9.49. The van der Waals surface area contributed by atoms with Crippen molar-refractivity contribution in [2.24, 2.45) is 0 Å². The summed E-state index contributed by atoms with van der Waals surface area (Å²) in [6.07, 6.45) is 2.70. The molecule has 15 heavy (non-hydrogen) atoms. The lowest BCUT2D eigenvalue weighted by atomic mass is 10.2. The standard InChI is InChI=1S/C12H17NO2/c1-13(2)10-5-4-6-11(14-3)12(10)15-9-7-8-9/h4-6,9H,7-8H2,1-3H3. The molecule has 0 amide bonds. The van der Waals surface area contributed by atoms with Crippen LogP contribution in [-0.2, 0) is 0 Å². The number of para-hydroxylation sites is 1. The Morgan fingerprint density at radius 1 is 1.27 bits per heavy atom. The van der Waals surface area contributed by atoms with E-state index in [1.54, 1.807) is 7.11 Å². The molecule has 1 aliphatic rings. The molecule has 1 saturated carbocycles. The summed E-state index contributed by atoms with van der Waals surface area (Å²) in [4.78, 5) is 2.04. The number of hydrogen-bond donors (Lipinski definition) is 0. The Balaban J connectivity index is 2.34. The normalized spacial score (nSPS) is 14.9. The molecule has 0 N–H and O–H groups in total. The number of hydrogen-bond acceptors (Lipinski definition) is 3. The van der Waals surface area contributed by atoms with Crippen LogP contribution in [0.4, 0.5) is 5.69 Å². The second-order valence-corrected chi connectivity index (χ2v) is 4.02. The van der Waals surface area contributed by atoms with Crippen molar-refractivity contribution in [1.29, 1.82) is 0 Å². The third-order valence-electron chi connectivity index (χ3n) is 2.47. The van der Waals surface area contributed by atoms with Crippen molar-refractivity contribution in [3.05, 3.63) is 18.2 Å². The Bertz CT molecular complexity index is 345. The molecule has 3 nitrogen and oxygen atoms in total. The van der Waals surface area contributed by atoms with Crippen LogP contribution >= 0.6 is 0 Å². The van der Waals surface area contributed by atoms with Gasteiger partial charge in [-0.25, -0.2) is 0 Å². The van der Waals surface area contributed by atoms with Crippen LogP contribution in [0.1, 0.15) is 12.8 Å². The van der Waals surface area contributed by atoms with Gasteiger partial charge in [-0.1, -0.05) is 6.07 Å². The van der Waals surface area contributed by atoms with Gasteiger partial charge in [-0.3, -0.25) is 0 Å². The van der Waals surface area contributed by atoms with Crippen LogP contribution in [0.2, 0.25) is 0 Å². The number of methoxy groups -OCH3 is 1. The maximum Gasteiger partial charge on any atom is 0.184 e. The molecule has 0 spiro atoms. The van der Waals surface area contributed by atoms with Gasteiger partial charge in [0.05, 0.1) is 18.9 Å². The van der Waals surface area contributed by atoms with Crippen molar-refractivity contribution in [3.63, 3.8) is 0 Å². The molecule has 0 saturated heterocycles. The van der Waals surface area contributed by atoms with Crippen LogP contribution in [0.5, 0.6) is 11.5 Å². The minimum absolute atomic E-state index is 0.389. The molecular weight excluding hydrogens is 190 g/mol. The van der Waals surface area contributed by atoms with E-state index in [9.17, 15) is 0 Å². The van der Waals surface area contributed by atoms with Gasteiger partial charge < -0.3 is 14.4 Å². The van der Waals surface area contributed by atoms with Crippen LogP contribution in [-0.4, -0.2) is 27.3 Å². The second kappa shape index (κ2) is 4.01. The molecule has 0 bridgehead atoms. The van der Waals surface area contributed by atoms with E-state index >= 15 is 0 Å². The first-order valence-corrected chi connectivity index (χ1v) is 5.23. The average Bonchev–Trinajstić information content (AvgIpc) is 3.01. The number of rotatable bonds is 4. The van der Waals surface area contributed by atoms with Gasteiger partial charge in [0.2, 0.25) is 0 Å². The smallest absolute Gasteiger partial charge is 0.184 e. The Morgan fingerprint density at radius 3 is 2.53 bits per heavy atom. The molecule has 82 valence electrons. The lowest BCUT2D eigenvalue weighted by Crippen LogP contribution is -2.12. The van der Waals surface area contributed by atoms with Crippen LogP contribution in [0.3, 0.4) is 0 Å². The van der Waals surface area contributed by atoms with E-state index < -0.39 is 0 Å². The fourth-order valence-electron chi connectivity index (χ4n) is 1.49. The van der Waals surface area contributed by atoms with Crippen molar-refractivity contribution in [3.8, 4) is 11.5 Å². The van der Waals surface area contributed by atoms with E-state index in [1.165, 1.54) is 0 Å². The Morgan fingerprint density at radius 2 is 2.00 bits per heavy atom. The Labute approximate surface area is 90.6 Å². The van der Waals surface area contributed by atoms with Crippen LogP contribution < -0.4 is 14.4 Å². The molecule has 0 heterocycles. The summed E-state index contributed by atoms with van der Waals surface area (Å²) in [5.74, 6) is 1.68. The van der Waals surface area contributed by atoms with Gasteiger partial charge in [0, 0.05) is 14.1 Å². The molecule has 0 aliphatic heterocycles. The van der Waals surface area contributed by atoms with Crippen molar-refractivity contribution in [2.75, 3.05) is 26.1 Å². The highest BCUT2D eigenvalue weighted by Gasteiger charge is 2.26. The van der Waals surface area contributed by atoms with Crippen molar-refractivity contribution >= 4 is 5.69 Å². The van der Waals surface area contributed by atoms with Crippen LogP contribution in [0.25, 0.3) is 0 Å². The Kier molecular flexibility index (Phi) is 2.71. The lowest BCUT2D eigenvalue weighted by Gasteiger charge is -2.19. The predicted molar refractivity (Wildman–Crippen MR) is 61.0 cm³/mol. The molecule has 1 aliphatic carbocycles. The van der Waals surface area contributed by atoms with Gasteiger partial charge in [-0.2, -0.15) is 0 Å². The summed E-state index contributed by atoms with van der Waals surface area (Å²) in [5, 5.41) is 0. The summed E-state index contributed by atoms with van der Waals surface area (Å²) in [6, 6.07) is 5.96. The molecule has 0 radical (unpaired) electrons. The van der Waals surface area contributed by atoms with E-state index in [0.717, 1.165) is 30.0 Å². The minimum Gasteiger partial charge on any atom is -0.493 e. The van der Waals surface area contributed by atoms with Crippen molar-refractivity contribution in [2.45, 2.75) is 18.9 Å². The molecule has 1 aromatic rings. The molecule has 3 heteroatoms.